The molecule has 0 amide bonds. The largest absolute Gasteiger partial charge is 0.496 e. The Morgan fingerprint density at radius 2 is 1.95 bits per heavy atom. The summed E-state index contributed by atoms with van der Waals surface area (Å²) in [6.45, 7) is 0. The number of H-pyrrole nitrogens is 1. The molecule has 0 fully saturated rings. The molecule has 1 N–H and O–H groups in total. The summed E-state index contributed by atoms with van der Waals surface area (Å²) in [6.07, 6.45) is 2.40. The second-order valence-electron chi connectivity index (χ2n) is 4.45. The highest BCUT2D eigenvalue weighted by atomic mass is 19.1. The minimum absolute atomic E-state index is 0.183. The van der Waals surface area contributed by atoms with Gasteiger partial charge in [0.1, 0.15) is 11.6 Å². The van der Waals surface area contributed by atoms with E-state index in [0.29, 0.717) is 12.0 Å². The van der Waals surface area contributed by atoms with Crippen molar-refractivity contribution >= 4 is 10.9 Å². The zero-order valence-corrected chi connectivity index (χ0v) is 10.6. The zero-order chi connectivity index (χ0) is 13.2. The van der Waals surface area contributed by atoms with Crippen LogP contribution in [-0.2, 0) is 6.42 Å². The van der Waals surface area contributed by atoms with Crippen LogP contribution in [0.15, 0.2) is 48.7 Å². The van der Waals surface area contributed by atoms with E-state index in [1.54, 1.807) is 19.2 Å². The van der Waals surface area contributed by atoms with E-state index in [4.69, 9.17) is 4.74 Å². The molecule has 0 bridgehead atoms. The molecule has 0 aliphatic heterocycles. The number of aromatic amines is 1. The zero-order valence-electron chi connectivity index (χ0n) is 10.6. The number of benzene rings is 2. The molecule has 1 heterocycles. The van der Waals surface area contributed by atoms with Gasteiger partial charge in [-0.25, -0.2) is 4.39 Å². The summed E-state index contributed by atoms with van der Waals surface area (Å²) in [5, 5.41) is 1.07. The molecule has 1 aromatic heterocycles. The number of hydrogen-bond acceptors (Lipinski definition) is 1. The van der Waals surface area contributed by atoms with Crippen LogP contribution in [0.1, 0.15) is 11.1 Å². The van der Waals surface area contributed by atoms with Crippen molar-refractivity contribution < 1.29 is 9.13 Å². The summed E-state index contributed by atoms with van der Waals surface area (Å²) < 4.78 is 19.2. The van der Waals surface area contributed by atoms with Gasteiger partial charge in [0.05, 0.1) is 7.11 Å². The molecular formula is C16H14FNO. The lowest BCUT2D eigenvalue weighted by Crippen LogP contribution is -1.97. The summed E-state index contributed by atoms with van der Waals surface area (Å²) in [5.41, 5.74) is 2.72. The number of ether oxygens (including phenoxy) is 1. The van der Waals surface area contributed by atoms with Crippen LogP contribution in [0.25, 0.3) is 10.9 Å². The number of rotatable bonds is 3. The molecule has 0 atom stereocenters. The molecule has 0 radical (unpaired) electrons. The molecule has 0 saturated carbocycles. The lowest BCUT2D eigenvalue weighted by molar-refractivity contribution is 0.411. The van der Waals surface area contributed by atoms with E-state index in [2.05, 4.69) is 4.98 Å². The average Bonchev–Trinajstić information content (AvgIpc) is 2.90. The Morgan fingerprint density at radius 1 is 1.11 bits per heavy atom. The minimum Gasteiger partial charge on any atom is -0.496 e. The number of nitrogens with one attached hydrogen (secondary N) is 1. The Morgan fingerprint density at radius 3 is 2.74 bits per heavy atom. The number of methoxy groups -OCH3 is 1. The van der Waals surface area contributed by atoms with E-state index in [9.17, 15) is 4.39 Å². The summed E-state index contributed by atoms with van der Waals surface area (Å²) in [5.74, 6) is 0.604. The van der Waals surface area contributed by atoms with E-state index < -0.39 is 0 Å². The predicted molar refractivity (Wildman–Crippen MR) is 74.1 cm³/mol. The normalized spacial score (nSPS) is 10.8. The van der Waals surface area contributed by atoms with Crippen LogP contribution in [0.4, 0.5) is 4.39 Å². The molecule has 0 spiro atoms. The number of hydrogen-bond donors (Lipinski definition) is 1. The first-order valence-corrected chi connectivity index (χ1v) is 6.16. The highest BCUT2D eigenvalue weighted by molar-refractivity contribution is 5.85. The van der Waals surface area contributed by atoms with Gasteiger partial charge in [0, 0.05) is 29.1 Å². The molecular weight excluding hydrogens is 241 g/mol. The van der Waals surface area contributed by atoms with Gasteiger partial charge in [0.25, 0.3) is 0 Å². The SMILES string of the molecule is COc1ccc2[nH]ccc2c1Cc1ccccc1F. The van der Waals surface area contributed by atoms with Gasteiger partial charge in [0.2, 0.25) is 0 Å². The highest BCUT2D eigenvalue weighted by Crippen LogP contribution is 2.30. The average molecular weight is 255 g/mol. The summed E-state index contributed by atoms with van der Waals surface area (Å²) in [6, 6.07) is 12.7. The van der Waals surface area contributed by atoms with Crippen LogP contribution in [0.2, 0.25) is 0 Å². The number of halogens is 1. The maximum absolute atomic E-state index is 13.8. The van der Waals surface area contributed by atoms with Gasteiger partial charge >= 0.3 is 0 Å². The smallest absolute Gasteiger partial charge is 0.126 e. The van der Waals surface area contributed by atoms with Crippen molar-refractivity contribution in [3.05, 3.63) is 65.6 Å². The third-order valence-corrected chi connectivity index (χ3v) is 3.35. The lowest BCUT2D eigenvalue weighted by Gasteiger charge is -2.10. The molecule has 3 heteroatoms. The van der Waals surface area contributed by atoms with E-state index in [1.807, 2.05) is 30.5 Å². The Balaban J connectivity index is 2.13. The summed E-state index contributed by atoms with van der Waals surface area (Å²) in [7, 11) is 1.64. The van der Waals surface area contributed by atoms with Crippen LogP contribution < -0.4 is 4.74 Å². The Labute approximate surface area is 110 Å². The first-order chi connectivity index (χ1) is 9.29. The molecule has 2 aromatic carbocycles. The molecule has 0 aliphatic rings. The third kappa shape index (κ3) is 2.08. The molecule has 3 aromatic rings. The first kappa shape index (κ1) is 11.8. The minimum atomic E-state index is -0.183. The number of fused-ring (bicyclic) bond motifs is 1. The Kier molecular flexibility index (Phi) is 2.95. The second-order valence-corrected chi connectivity index (χ2v) is 4.45. The molecule has 0 saturated heterocycles. The Hall–Kier alpha value is -2.29. The third-order valence-electron chi connectivity index (χ3n) is 3.35. The van der Waals surface area contributed by atoms with Crippen LogP contribution in [0, 0.1) is 5.82 Å². The van der Waals surface area contributed by atoms with E-state index >= 15 is 0 Å². The maximum Gasteiger partial charge on any atom is 0.126 e. The quantitative estimate of drug-likeness (QED) is 0.754. The molecule has 96 valence electrons. The van der Waals surface area contributed by atoms with Crippen molar-refractivity contribution in [2.45, 2.75) is 6.42 Å². The monoisotopic (exact) mass is 255 g/mol. The second kappa shape index (κ2) is 4.76. The van der Waals surface area contributed by atoms with Crippen molar-refractivity contribution in [1.29, 1.82) is 0 Å². The standard InChI is InChI=1S/C16H14FNO/c1-19-16-7-6-15-12(8-9-18-15)13(16)10-11-4-2-3-5-14(11)17/h2-9,18H,10H2,1H3. The van der Waals surface area contributed by atoms with Crippen LogP contribution in [-0.4, -0.2) is 12.1 Å². The van der Waals surface area contributed by atoms with E-state index in [-0.39, 0.29) is 5.82 Å². The fraction of sp³-hybridized carbons (Fsp3) is 0.125. The fourth-order valence-electron chi connectivity index (χ4n) is 2.38. The van der Waals surface area contributed by atoms with E-state index in [1.165, 1.54) is 6.07 Å². The maximum atomic E-state index is 13.8. The van der Waals surface area contributed by atoms with Gasteiger partial charge < -0.3 is 9.72 Å². The molecule has 19 heavy (non-hydrogen) atoms. The van der Waals surface area contributed by atoms with E-state index in [0.717, 1.165) is 22.2 Å². The molecule has 0 unspecified atom stereocenters. The van der Waals surface area contributed by atoms with Crippen molar-refractivity contribution in [2.75, 3.05) is 7.11 Å². The predicted octanol–water partition coefficient (Wildman–Crippen LogP) is 3.91. The summed E-state index contributed by atoms with van der Waals surface area (Å²) in [4.78, 5) is 3.16. The molecule has 0 aliphatic carbocycles. The van der Waals surface area contributed by atoms with Crippen LogP contribution in [0.5, 0.6) is 5.75 Å². The van der Waals surface area contributed by atoms with Gasteiger partial charge in [0.15, 0.2) is 0 Å². The topological polar surface area (TPSA) is 25.0 Å². The van der Waals surface area contributed by atoms with Crippen LogP contribution >= 0.6 is 0 Å². The van der Waals surface area contributed by atoms with Gasteiger partial charge in [-0.15, -0.1) is 0 Å². The summed E-state index contributed by atoms with van der Waals surface area (Å²) >= 11 is 0. The highest BCUT2D eigenvalue weighted by Gasteiger charge is 2.11. The first-order valence-electron chi connectivity index (χ1n) is 6.16. The van der Waals surface area contributed by atoms with Gasteiger partial charge in [-0.2, -0.15) is 0 Å². The van der Waals surface area contributed by atoms with Crippen molar-refractivity contribution in [2.24, 2.45) is 0 Å². The lowest BCUT2D eigenvalue weighted by atomic mass is 10.00. The van der Waals surface area contributed by atoms with Crippen molar-refractivity contribution in [3.63, 3.8) is 0 Å². The van der Waals surface area contributed by atoms with Crippen LogP contribution in [0.3, 0.4) is 0 Å². The van der Waals surface area contributed by atoms with Gasteiger partial charge in [-0.1, -0.05) is 18.2 Å². The number of aromatic nitrogens is 1. The molecule has 3 rings (SSSR count). The van der Waals surface area contributed by atoms with Crippen molar-refractivity contribution in [1.82, 2.24) is 4.98 Å². The molecule has 2 nitrogen and oxygen atoms in total. The van der Waals surface area contributed by atoms with Crippen molar-refractivity contribution in [3.8, 4) is 5.75 Å². The van der Waals surface area contributed by atoms with Gasteiger partial charge in [-0.05, 0) is 29.8 Å². The van der Waals surface area contributed by atoms with Gasteiger partial charge in [-0.3, -0.25) is 0 Å². The fourth-order valence-corrected chi connectivity index (χ4v) is 2.38. The Bertz CT molecular complexity index is 718.